The molecule has 2 atom stereocenters. The third-order valence-corrected chi connectivity index (χ3v) is 5.11. The molecular formula is C19H24ClN3O4. The van der Waals surface area contributed by atoms with E-state index in [0.717, 1.165) is 25.3 Å². The summed E-state index contributed by atoms with van der Waals surface area (Å²) < 4.78 is 16.3. The van der Waals surface area contributed by atoms with Crippen LogP contribution in [-0.4, -0.2) is 50.3 Å². The number of ether oxygens (including phenoxy) is 2. The lowest BCUT2D eigenvalue weighted by Gasteiger charge is -2.37. The second-order valence-corrected chi connectivity index (χ2v) is 6.94. The van der Waals surface area contributed by atoms with Gasteiger partial charge in [-0.15, -0.1) is 0 Å². The predicted octanol–water partition coefficient (Wildman–Crippen LogP) is 2.54. The van der Waals surface area contributed by atoms with Crippen molar-refractivity contribution >= 4 is 23.2 Å². The summed E-state index contributed by atoms with van der Waals surface area (Å²) in [6.07, 6.45) is 2.30. The van der Waals surface area contributed by atoms with Crippen LogP contribution in [-0.2, 0) is 11.3 Å². The molecule has 0 radical (unpaired) electrons. The first-order chi connectivity index (χ1) is 13.0. The monoisotopic (exact) mass is 393 g/mol. The molecule has 0 spiro atoms. The normalized spacial score (nSPS) is 20.4. The van der Waals surface area contributed by atoms with Crippen molar-refractivity contribution in [1.29, 1.82) is 0 Å². The zero-order chi connectivity index (χ0) is 19.4. The molecule has 0 aliphatic carbocycles. The Balaban J connectivity index is 1.66. The maximum Gasteiger partial charge on any atom is 0.255 e. The third-order valence-electron chi connectivity index (χ3n) is 4.79. The van der Waals surface area contributed by atoms with Gasteiger partial charge in [0.05, 0.1) is 48.3 Å². The SMILES string of the molecule is COc1cc(N)c(Cl)cc1C(=O)N[C@H]1CCN(Cc2ccco2)C[C@H]1OC. The molecule has 0 saturated carbocycles. The Morgan fingerprint density at radius 1 is 1.44 bits per heavy atom. The quantitative estimate of drug-likeness (QED) is 0.733. The first-order valence-corrected chi connectivity index (χ1v) is 9.11. The van der Waals surface area contributed by atoms with Gasteiger partial charge in [0, 0.05) is 26.3 Å². The standard InChI is InChI=1S/C19H24ClN3O4/c1-25-17-9-15(21)14(20)8-13(17)19(24)22-16-5-6-23(11-18(16)26-2)10-12-4-3-7-27-12/h3-4,7-9,16,18H,5-6,10-11,21H2,1-2H3,(H,22,24)/t16-,18+/m0/s1. The van der Waals surface area contributed by atoms with E-state index in [1.807, 2.05) is 12.1 Å². The highest BCUT2D eigenvalue weighted by Crippen LogP contribution is 2.29. The largest absolute Gasteiger partial charge is 0.496 e. The van der Waals surface area contributed by atoms with Gasteiger partial charge < -0.3 is 24.9 Å². The average Bonchev–Trinajstić information content (AvgIpc) is 3.17. The first kappa shape index (κ1) is 19.5. The Morgan fingerprint density at radius 2 is 2.26 bits per heavy atom. The number of nitrogen functional groups attached to an aromatic ring is 1. The van der Waals surface area contributed by atoms with Crippen molar-refractivity contribution in [2.45, 2.75) is 25.1 Å². The van der Waals surface area contributed by atoms with E-state index in [-0.39, 0.29) is 18.1 Å². The van der Waals surface area contributed by atoms with Crippen LogP contribution in [0.5, 0.6) is 5.75 Å². The van der Waals surface area contributed by atoms with Gasteiger partial charge in [-0.05, 0) is 24.6 Å². The summed E-state index contributed by atoms with van der Waals surface area (Å²) in [5.41, 5.74) is 6.51. The van der Waals surface area contributed by atoms with Gasteiger partial charge >= 0.3 is 0 Å². The second-order valence-electron chi connectivity index (χ2n) is 6.53. The molecule has 1 amide bonds. The lowest BCUT2D eigenvalue weighted by Crippen LogP contribution is -2.54. The Kier molecular flexibility index (Phi) is 6.26. The van der Waals surface area contributed by atoms with E-state index < -0.39 is 0 Å². The Labute approximate surface area is 163 Å². The molecule has 7 nitrogen and oxygen atoms in total. The van der Waals surface area contributed by atoms with Crippen LogP contribution in [0.4, 0.5) is 5.69 Å². The van der Waals surface area contributed by atoms with E-state index in [1.54, 1.807) is 19.4 Å². The van der Waals surface area contributed by atoms with Gasteiger partial charge in [0.15, 0.2) is 0 Å². The highest BCUT2D eigenvalue weighted by Gasteiger charge is 2.31. The molecule has 2 heterocycles. The third kappa shape index (κ3) is 4.55. The van der Waals surface area contributed by atoms with E-state index in [2.05, 4.69) is 10.2 Å². The lowest BCUT2D eigenvalue weighted by molar-refractivity contribution is 0.00213. The van der Waals surface area contributed by atoms with E-state index >= 15 is 0 Å². The Morgan fingerprint density at radius 3 is 2.93 bits per heavy atom. The number of hydrogen-bond acceptors (Lipinski definition) is 6. The maximum absolute atomic E-state index is 12.8. The van der Waals surface area contributed by atoms with Crippen LogP contribution >= 0.6 is 11.6 Å². The van der Waals surface area contributed by atoms with Crippen molar-refractivity contribution in [3.63, 3.8) is 0 Å². The molecule has 3 N–H and O–H groups in total. The number of rotatable bonds is 6. The zero-order valence-electron chi connectivity index (χ0n) is 15.4. The van der Waals surface area contributed by atoms with Gasteiger partial charge in [-0.2, -0.15) is 0 Å². The number of piperidine rings is 1. The molecule has 0 bridgehead atoms. The Bertz CT molecular complexity index is 782. The van der Waals surface area contributed by atoms with Crippen molar-refractivity contribution in [3.8, 4) is 5.75 Å². The number of halogens is 1. The van der Waals surface area contributed by atoms with Gasteiger partial charge in [-0.1, -0.05) is 11.6 Å². The van der Waals surface area contributed by atoms with Gasteiger partial charge in [-0.3, -0.25) is 9.69 Å². The first-order valence-electron chi connectivity index (χ1n) is 8.73. The van der Waals surface area contributed by atoms with Crippen LogP contribution < -0.4 is 15.8 Å². The maximum atomic E-state index is 12.8. The minimum Gasteiger partial charge on any atom is -0.496 e. The number of carbonyl (C=O) groups is 1. The van der Waals surface area contributed by atoms with E-state index in [9.17, 15) is 4.79 Å². The highest BCUT2D eigenvalue weighted by atomic mass is 35.5. The van der Waals surface area contributed by atoms with E-state index in [1.165, 1.54) is 13.2 Å². The smallest absolute Gasteiger partial charge is 0.255 e. The molecule has 1 aromatic carbocycles. The number of furan rings is 1. The number of carbonyl (C=O) groups excluding carboxylic acids is 1. The molecule has 27 heavy (non-hydrogen) atoms. The molecule has 2 aromatic rings. The fourth-order valence-corrected chi connectivity index (χ4v) is 3.48. The number of hydrogen-bond donors (Lipinski definition) is 2. The predicted molar refractivity (Wildman–Crippen MR) is 103 cm³/mol. The molecule has 1 aliphatic rings. The van der Waals surface area contributed by atoms with Gasteiger partial charge in [-0.25, -0.2) is 0 Å². The minimum absolute atomic E-state index is 0.114. The second kappa shape index (κ2) is 8.65. The lowest BCUT2D eigenvalue weighted by atomic mass is 10.0. The molecule has 8 heteroatoms. The van der Waals surface area contributed by atoms with Crippen LogP contribution in [0.15, 0.2) is 34.9 Å². The van der Waals surface area contributed by atoms with Gasteiger partial charge in [0.2, 0.25) is 0 Å². The average molecular weight is 394 g/mol. The summed E-state index contributed by atoms with van der Waals surface area (Å²) in [5.74, 6) is 1.03. The molecule has 1 fully saturated rings. The number of nitrogens with two attached hydrogens (primary N) is 1. The summed E-state index contributed by atoms with van der Waals surface area (Å²) in [6, 6.07) is 6.79. The van der Waals surface area contributed by atoms with Crippen molar-refractivity contribution in [2.75, 3.05) is 33.0 Å². The van der Waals surface area contributed by atoms with Gasteiger partial charge in [0.25, 0.3) is 5.91 Å². The number of anilines is 1. The fraction of sp³-hybridized carbons (Fsp3) is 0.421. The van der Waals surface area contributed by atoms with Crippen LogP contribution in [0.2, 0.25) is 5.02 Å². The molecule has 146 valence electrons. The number of methoxy groups -OCH3 is 2. The summed E-state index contributed by atoms with van der Waals surface area (Å²) >= 11 is 6.07. The molecule has 0 unspecified atom stereocenters. The minimum atomic E-state index is -0.264. The number of nitrogens with one attached hydrogen (secondary N) is 1. The summed E-state index contributed by atoms with van der Waals surface area (Å²) in [4.78, 5) is 15.0. The van der Waals surface area contributed by atoms with E-state index in [4.69, 9.17) is 31.2 Å². The summed E-state index contributed by atoms with van der Waals surface area (Å²) in [7, 11) is 3.14. The molecule has 1 saturated heterocycles. The molecule has 1 aromatic heterocycles. The van der Waals surface area contributed by atoms with Gasteiger partial charge in [0.1, 0.15) is 11.5 Å². The Hall–Kier alpha value is -2.22. The number of likely N-dealkylation sites (tertiary alicyclic amines) is 1. The van der Waals surface area contributed by atoms with Crippen LogP contribution in [0, 0.1) is 0 Å². The topological polar surface area (TPSA) is 90.0 Å². The number of amides is 1. The van der Waals surface area contributed by atoms with Crippen molar-refractivity contribution in [2.24, 2.45) is 0 Å². The highest BCUT2D eigenvalue weighted by molar-refractivity contribution is 6.33. The number of benzene rings is 1. The molecule has 3 rings (SSSR count). The molecular weight excluding hydrogens is 370 g/mol. The van der Waals surface area contributed by atoms with Crippen molar-refractivity contribution in [3.05, 3.63) is 46.9 Å². The number of nitrogens with zero attached hydrogens (tertiary/aromatic N) is 1. The van der Waals surface area contributed by atoms with Crippen LogP contribution in [0.1, 0.15) is 22.5 Å². The fourth-order valence-electron chi connectivity index (χ4n) is 3.31. The zero-order valence-corrected chi connectivity index (χ0v) is 16.2. The van der Waals surface area contributed by atoms with Crippen LogP contribution in [0.3, 0.4) is 0 Å². The van der Waals surface area contributed by atoms with E-state index in [0.29, 0.717) is 28.6 Å². The van der Waals surface area contributed by atoms with Crippen molar-refractivity contribution < 1.29 is 18.7 Å². The van der Waals surface area contributed by atoms with Crippen molar-refractivity contribution in [1.82, 2.24) is 10.2 Å². The van der Waals surface area contributed by atoms with Crippen LogP contribution in [0.25, 0.3) is 0 Å². The summed E-state index contributed by atoms with van der Waals surface area (Å²) in [5, 5.41) is 3.36. The summed E-state index contributed by atoms with van der Waals surface area (Å²) in [6.45, 7) is 2.24. The molecule has 1 aliphatic heterocycles.